The van der Waals surface area contributed by atoms with E-state index in [9.17, 15) is 18.0 Å². The molecule has 3 rings (SSSR count). The standard InChI is InChI=1S/C16H19F3N2O2/c17-12-3-1-2-11(6-12)16(18,19)9-21-13(22)14-4-5-15(7-14,8-20)23-10-14/h1-3,6H,4-5,7-10,20H2,(H,21,22). The van der Waals surface area contributed by atoms with Crippen LogP contribution in [-0.4, -0.2) is 31.2 Å². The van der Waals surface area contributed by atoms with Crippen molar-refractivity contribution < 1.29 is 22.7 Å². The van der Waals surface area contributed by atoms with Gasteiger partial charge in [0.2, 0.25) is 5.91 Å². The highest BCUT2D eigenvalue weighted by molar-refractivity contribution is 5.84. The highest BCUT2D eigenvalue weighted by atomic mass is 19.3. The Morgan fingerprint density at radius 1 is 1.39 bits per heavy atom. The first-order valence-electron chi connectivity index (χ1n) is 7.57. The van der Waals surface area contributed by atoms with E-state index in [4.69, 9.17) is 10.5 Å². The van der Waals surface area contributed by atoms with Crippen LogP contribution < -0.4 is 11.1 Å². The number of rotatable bonds is 5. The van der Waals surface area contributed by atoms with Gasteiger partial charge < -0.3 is 15.8 Å². The fourth-order valence-electron chi connectivity index (χ4n) is 3.49. The van der Waals surface area contributed by atoms with Crippen molar-refractivity contribution in [3.8, 4) is 0 Å². The molecule has 126 valence electrons. The molecule has 1 saturated carbocycles. The maximum atomic E-state index is 14.1. The number of amides is 1. The molecule has 7 heteroatoms. The van der Waals surface area contributed by atoms with Crippen LogP contribution in [0.5, 0.6) is 0 Å². The van der Waals surface area contributed by atoms with Gasteiger partial charge in [-0.25, -0.2) is 4.39 Å². The molecule has 3 N–H and O–H groups in total. The molecule has 1 heterocycles. The summed E-state index contributed by atoms with van der Waals surface area (Å²) in [7, 11) is 0. The monoisotopic (exact) mass is 328 g/mol. The zero-order valence-electron chi connectivity index (χ0n) is 12.6. The molecule has 0 radical (unpaired) electrons. The van der Waals surface area contributed by atoms with Gasteiger partial charge in [0, 0.05) is 12.1 Å². The lowest BCUT2D eigenvalue weighted by Gasteiger charge is -2.27. The number of halogens is 3. The van der Waals surface area contributed by atoms with Gasteiger partial charge in [-0.2, -0.15) is 8.78 Å². The van der Waals surface area contributed by atoms with Crippen LogP contribution in [0.3, 0.4) is 0 Å². The molecule has 1 aliphatic heterocycles. The second-order valence-corrected chi connectivity index (χ2v) is 6.53. The number of hydrogen-bond acceptors (Lipinski definition) is 3. The van der Waals surface area contributed by atoms with Crippen LogP contribution in [0, 0.1) is 11.2 Å². The highest BCUT2D eigenvalue weighted by Gasteiger charge is 2.59. The third-order valence-electron chi connectivity index (χ3n) is 4.95. The van der Waals surface area contributed by atoms with Crippen molar-refractivity contribution in [3.63, 3.8) is 0 Å². The van der Waals surface area contributed by atoms with Gasteiger partial charge in [0.25, 0.3) is 5.92 Å². The third kappa shape index (κ3) is 2.83. The van der Waals surface area contributed by atoms with Crippen molar-refractivity contribution in [1.82, 2.24) is 5.32 Å². The molecule has 4 nitrogen and oxygen atoms in total. The van der Waals surface area contributed by atoms with Crippen LogP contribution in [0.1, 0.15) is 24.8 Å². The Hall–Kier alpha value is -1.60. The summed E-state index contributed by atoms with van der Waals surface area (Å²) in [5, 5.41) is 2.31. The summed E-state index contributed by atoms with van der Waals surface area (Å²) in [6.45, 7) is -0.338. The maximum absolute atomic E-state index is 14.1. The number of nitrogens with one attached hydrogen (secondary N) is 1. The molecular weight excluding hydrogens is 309 g/mol. The normalized spacial score (nSPS) is 29.7. The SMILES string of the molecule is NCC12CCC(C(=O)NCC(F)(F)c3cccc(F)c3)(CO1)C2. The Morgan fingerprint density at radius 2 is 2.17 bits per heavy atom. The Labute approximate surface area is 132 Å². The van der Waals surface area contributed by atoms with Crippen LogP contribution in [0.2, 0.25) is 0 Å². The molecule has 2 fully saturated rings. The Morgan fingerprint density at radius 3 is 2.74 bits per heavy atom. The van der Waals surface area contributed by atoms with Gasteiger partial charge in [-0.3, -0.25) is 4.79 Å². The zero-order chi connectivity index (χ0) is 16.7. The van der Waals surface area contributed by atoms with E-state index in [2.05, 4.69) is 5.32 Å². The van der Waals surface area contributed by atoms with E-state index in [1.165, 1.54) is 6.07 Å². The highest BCUT2D eigenvalue weighted by Crippen LogP contribution is 2.52. The van der Waals surface area contributed by atoms with Crippen molar-refractivity contribution in [2.45, 2.75) is 30.8 Å². The molecule has 2 bridgehead atoms. The number of fused-ring (bicyclic) bond motifs is 2. The number of carbonyl (C=O) groups excluding carboxylic acids is 1. The van der Waals surface area contributed by atoms with Gasteiger partial charge >= 0.3 is 0 Å². The lowest BCUT2D eigenvalue weighted by atomic mass is 9.86. The number of hydrogen-bond donors (Lipinski definition) is 2. The summed E-state index contributed by atoms with van der Waals surface area (Å²) in [5.74, 6) is -4.52. The summed E-state index contributed by atoms with van der Waals surface area (Å²) in [5.41, 5.74) is 3.98. The van der Waals surface area contributed by atoms with E-state index < -0.39 is 40.8 Å². The lowest BCUT2D eigenvalue weighted by molar-refractivity contribution is -0.134. The van der Waals surface area contributed by atoms with Gasteiger partial charge in [-0.15, -0.1) is 0 Å². The van der Waals surface area contributed by atoms with E-state index in [0.29, 0.717) is 25.8 Å². The summed E-state index contributed by atoms with van der Waals surface area (Å²) < 4.78 is 47.0. The average molecular weight is 328 g/mol. The molecule has 0 spiro atoms. The minimum absolute atomic E-state index is 0.210. The first-order chi connectivity index (χ1) is 10.8. The summed E-state index contributed by atoms with van der Waals surface area (Å²) >= 11 is 0. The van der Waals surface area contributed by atoms with E-state index in [1.54, 1.807) is 0 Å². The molecular formula is C16H19F3N2O2. The molecule has 2 aliphatic rings. The smallest absolute Gasteiger partial charge is 0.290 e. The largest absolute Gasteiger partial charge is 0.373 e. The van der Waals surface area contributed by atoms with Crippen LogP contribution in [-0.2, 0) is 15.5 Å². The van der Waals surface area contributed by atoms with E-state index in [-0.39, 0.29) is 6.61 Å². The van der Waals surface area contributed by atoms with Crippen LogP contribution >= 0.6 is 0 Å². The van der Waals surface area contributed by atoms with Crippen molar-refractivity contribution in [2.24, 2.45) is 11.1 Å². The van der Waals surface area contributed by atoms with Gasteiger partial charge in [0.1, 0.15) is 5.82 Å². The molecule has 0 aromatic heterocycles. The maximum Gasteiger partial charge on any atom is 0.290 e. The topological polar surface area (TPSA) is 64.4 Å². The second-order valence-electron chi connectivity index (χ2n) is 6.53. The molecule has 1 saturated heterocycles. The van der Waals surface area contributed by atoms with Crippen LogP contribution in [0.15, 0.2) is 24.3 Å². The number of alkyl halides is 2. The molecule has 1 aromatic carbocycles. The van der Waals surface area contributed by atoms with E-state index in [0.717, 1.165) is 18.2 Å². The van der Waals surface area contributed by atoms with Gasteiger partial charge in [-0.05, 0) is 31.4 Å². The predicted molar refractivity (Wildman–Crippen MR) is 77.3 cm³/mol. The quantitative estimate of drug-likeness (QED) is 0.868. The average Bonchev–Trinajstić information content (AvgIpc) is 3.11. The van der Waals surface area contributed by atoms with Crippen molar-refractivity contribution >= 4 is 5.91 Å². The Kier molecular flexibility index (Phi) is 3.88. The van der Waals surface area contributed by atoms with Gasteiger partial charge in [0.15, 0.2) is 0 Å². The van der Waals surface area contributed by atoms with Crippen LogP contribution in [0.4, 0.5) is 13.2 Å². The molecule has 1 amide bonds. The summed E-state index contributed by atoms with van der Waals surface area (Å²) in [4.78, 5) is 12.4. The fourth-order valence-corrected chi connectivity index (χ4v) is 3.49. The van der Waals surface area contributed by atoms with Crippen molar-refractivity contribution in [3.05, 3.63) is 35.6 Å². The predicted octanol–water partition coefficient (Wildman–Crippen LogP) is 1.93. The summed E-state index contributed by atoms with van der Waals surface area (Å²) in [6.07, 6.45) is 1.71. The van der Waals surface area contributed by atoms with Crippen molar-refractivity contribution in [2.75, 3.05) is 19.7 Å². The summed E-state index contributed by atoms with van der Waals surface area (Å²) in [6, 6.07) is 4.23. The zero-order valence-corrected chi connectivity index (χ0v) is 12.6. The lowest BCUT2D eigenvalue weighted by Crippen LogP contribution is -2.44. The number of carbonyl (C=O) groups is 1. The van der Waals surface area contributed by atoms with Gasteiger partial charge in [0.05, 0.1) is 24.2 Å². The van der Waals surface area contributed by atoms with Crippen LogP contribution in [0.25, 0.3) is 0 Å². The van der Waals surface area contributed by atoms with E-state index in [1.807, 2.05) is 0 Å². The van der Waals surface area contributed by atoms with E-state index >= 15 is 0 Å². The molecule has 2 unspecified atom stereocenters. The minimum atomic E-state index is -3.34. The first kappa shape index (κ1) is 16.3. The molecule has 2 atom stereocenters. The minimum Gasteiger partial charge on any atom is -0.373 e. The Balaban J connectivity index is 1.65. The first-order valence-corrected chi connectivity index (χ1v) is 7.57. The molecule has 1 aliphatic carbocycles. The van der Waals surface area contributed by atoms with Gasteiger partial charge in [-0.1, -0.05) is 12.1 Å². The molecule has 1 aromatic rings. The number of benzene rings is 1. The fraction of sp³-hybridized carbons (Fsp3) is 0.562. The second kappa shape index (κ2) is 5.49. The van der Waals surface area contributed by atoms with Crippen molar-refractivity contribution in [1.29, 1.82) is 0 Å². The number of ether oxygens (including phenoxy) is 1. The number of nitrogens with two attached hydrogens (primary N) is 1. The Bertz CT molecular complexity index is 613. The molecule has 23 heavy (non-hydrogen) atoms. The third-order valence-corrected chi connectivity index (χ3v) is 4.95.